The molecular weight excluding hydrogens is 242 g/mol. The van der Waals surface area contributed by atoms with Crippen molar-refractivity contribution < 1.29 is 0 Å². The Bertz CT molecular complexity index is 481. The first-order valence-electron chi connectivity index (χ1n) is 6.62. The number of aromatic nitrogens is 1. The molecule has 0 spiro atoms. The molecule has 1 fully saturated rings. The molecule has 0 aliphatic carbocycles. The molecule has 3 nitrogen and oxygen atoms in total. The van der Waals surface area contributed by atoms with E-state index in [9.17, 15) is 0 Å². The molecule has 3 rings (SSSR count). The predicted molar refractivity (Wildman–Crippen MR) is 76.7 cm³/mol. The van der Waals surface area contributed by atoms with Crippen LogP contribution in [0.5, 0.6) is 0 Å². The van der Waals surface area contributed by atoms with Gasteiger partial charge in [-0.05, 0) is 50.5 Å². The molecule has 1 saturated heterocycles. The molecule has 0 amide bonds. The molecule has 2 heterocycles. The highest BCUT2D eigenvalue weighted by Gasteiger charge is 2.18. The van der Waals surface area contributed by atoms with Gasteiger partial charge in [0.15, 0.2) is 0 Å². The van der Waals surface area contributed by atoms with Crippen LogP contribution in [0.15, 0.2) is 24.3 Å². The van der Waals surface area contributed by atoms with Gasteiger partial charge in [-0.3, -0.25) is 4.90 Å². The van der Waals surface area contributed by atoms with Crippen LogP contribution in [-0.4, -0.2) is 29.5 Å². The number of nitrogens with two attached hydrogens (primary N) is 1. The SMILES string of the molecule is NCC1CCN(Cc2nc3ccccc3s2)CC1. The normalized spacial score (nSPS) is 18.5. The Morgan fingerprint density at radius 2 is 2.06 bits per heavy atom. The summed E-state index contributed by atoms with van der Waals surface area (Å²) in [4.78, 5) is 7.20. The molecule has 4 heteroatoms. The Morgan fingerprint density at radius 3 is 2.78 bits per heavy atom. The summed E-state index contributed by atoms with van der Waals surface area (Å²) in [6.45, 7) is 4.17. The molecule has 0 saturated carbocycles. The van der Waals surface area contributed by atoms with Crippen molar-refractivity contribution in [3.05, 3.63) is 29.3 Å². The number of hydrogen-bond donors (Lipinski definition) is 1. The number of nitrogens with zero attached hydrogens (tertiary/aromatic N) is 2. The van der Waals surface area contributed by atoms with Crippen LogP contribution in [0.25, 0.3) is 10.2 Å². The van der Waals surface area contributed by atoms with E-state index in [0.717, 1.165) is 37.6 Å². The van der Waals surface area contributed by atoms with E-state index in [1.54, 1.807) is 0 Å². The van der Waals surface area contributed by atoms with Crippen molar-refractivity contribution in [3.8, 4) is 0 Å². The average molecular weight is 261 g/mol. The summed E-state index contributed by atoms with van der Waals surface area (Å²) in [5, 5.41) is 1.24. The molecule has 1 aromatic heterocycles. The van der Waals surface area contributed by atoms with Gasteiger partial charge in [-0.2, -0.15) is 0 Å². The molecule has 2 aromatic rings. The number of benzene rings is 1. The second kappa shape index (κ2) is 5.34. The zero-order valence-electron chi connectivity index (χ0n) is 10.5. The summed E-state index contributed by atoms with van der Waals surface area (Å²) in [5.41, 5.74) is 6.86. The second-order valence-electron chi connectivity index (χ2n) is 5.03. The lowest BCUT2D eigenvalue weighted by atomic mass is 9.97. The summed E-state index contributed by atoms with van der Waals surface area (Å²) in [6.07, 6.45) is 2.47. The highest BCUT2D eigenvalue weighted by molar-refractivity contribution is 7.18. The lowest BCUT2D eigenvalue weighted by molar-refractivity contribution is 0.180. The molecule has 18 heavy (non-hydrogen) atoms. The highest BCUT2D eigenvalue weighted by atomic mass is 32.1. The number of likely N-dealkylation sites (tertiary alicyclic amines) is 1. The third-order valence-electron chi connectivity index (χ3n) is 3.74. The van der Waals surface area contributed by atoms with E-state index in [2.05, 4.69) is 29.2 Å². The first-order valence-corrected chi connectivity index (χ1v) is 7.43. The molecule has 0 unspecified atom stereocenters. The number of rotatable bonds is 3. The summed E-state index contributed by atoms with van der Waals surface area (Å²) < 4.78 is 1.30. The predicted octanol–water partition coefficient (Wildman–Crippen LogP) is 2.47. The standard InChI is InChI=1S/C14H19N3S/c15-9-11-5-7-17(8-6-11)10-14-16-12-3-1-2-4-13(12)18-14/h1-4,11H,5-10,15H2. The number of hydrogen-bond acceptors (Lipinski definition) is 4. The lowest BCUT2D eigenvalue weighted by Gasteiger charge is -2.30. The first kappa shape index (κ1) is 12.1. The Hall–Kier alpha value is -0.970. The van der Waals surface area contributed by atoms with Gasteiger partial charge in [-0.15, -0.1) is 11.3 Å². The maximum absolute atomic E-state index is 5.72. The van der Waals surface area contributed by atoms with E-state index in [0.29, 0.717) is 0 Å². The zero-order chi connectivity index (χ0) is 12.4. The largest absolute Gasteiger partial charge is 0.330 e. The number of piperidine rings is 1. The Balaban J connectivity index is 1.66. The van der Waals surface area contributed by atoms with Crippen LogP contribution in [0.3, 0.4) is 0 Å². The van der Waals surface area contributed by atoms with Crippen molar-refractivity contribution in [2.75, 3.05) is 19.6 Å². The van der Waals surface area contributed by atoms with Gasteiger partial charge in [0.25, 0.3) is 0 Å². The number of thiazole rings is 1. The fourth-order valence-electron chi connectivity index (χ4n) is 2.56. The van der Waals surface area contributed by atoms with Gasteiger partial charge in [0, 0.05) is 0 Å². The summed E-state index contributed by atoms with van der Waals surface area (Å²) in [5.74, 6) is 0.733. The van der Waals surface area contributed by atoms with E-state index in [4.69, 9.17) is 10.7 Å². The Kier molecular flexibility index (Phi) is 3.59. The minimum absolute atomic E-state index is 0.733. The van der Waals surface area contributed by atoms with E-state index >= 15 is 0 Å². The van der Waals surface area contributed by atoms with Gasteiger partial charge < -0.3 is 5.73 Å². The molecule has 0 atom stereocenters. The first-order chi connectivity index (χ1) is 8.85. The van der Waals surface area contributed by atoms with Gasteiger partial charge in [-0.1, -0.05) is 12.1 Å². The quantitative estimate of drug-likeness (QED) is 0.923. The van der Waals surface area contributed by atoms with E-state index in [1.807, 2.05) is 11.3 Å². The van der Waals surface area contributed by atoms with Crippen molar-refractivity contribution in [3.63, 3.8) is 0 Å². The van der Waals surface area contributed by atoms with Crippen molar-refractivity contribution in [1.29, 1.82) is 0 Å². The van der Waals surface area contributed by atoms with Crippen molar-refractivity contribution in [1.82, 2.24) is 9.88 Å². The van der Waals surface area contributed by atoms with Gasteiger partial charge in [0.05, 0.1) is 16.8 Å². The number of fused-ring (bicyclic) bond motifs is 1. The monoisotopic (exact) mass is 261 g/mol. The fraction of sp³-hybridized carbons (Fsp3) is 0.500. The van der Waals surface area contributed by atoms with Crippen molar-refractivity contribution in [2.24, 2.45) is 11.7 Å². The molecule has 2 N–H and O–H groups in total. The minimum Gasteiger partial charge on any atom is -0.330 e. The van der Waals surface area contributed by atoms with Crippen LogP contribution < -0.4 is 5.73 Å². The van der Waals surface area contributed by atoms with Crippen molar-refractivity contribution in [2.45, 2.75) is 19.4 Å². The summed E-state index contributed by atoms with van der Waals surface area (Å²) >= 11 is 1.82. The molecule has 0 bridgehead atoms. The fourth-order valence-corrected chi connectivity index (χ4v) is 3.57. The Labute approximate surface area is 112 Å². The lowest BCUT2D eigenvalue weighted by Crippen LogP contribution is -2.35. The third kappa shape index (κ3) is 2.55. The molecule has 1 aromatic carbocycles. The molecule has 1 aliphatic heterocycles. The smallest absolute Gasteiger partial charge is 0.108 e. The second-order valence-corrected chi connectivity index (χ2v) is 6.15. The van der Waals surface area contributed by atoms with E-state index in [1.165, 1.54) is 22.5 Å². The van der Waals surface area contributed by atoms with Crippen LogP contribution in [-0.2, 0) is 6.54 Å². The van der Waals surface area contributed by atoms with Crippen LogP contribution in [0.2, 0.25) is 0 Å². The van der Waals surface area contributed by atoms with Crippen LogP contribution in [0.4, 0.5) is 0 Å². The number of para-hydroxylation sites is 1. The van der Waals surface area contributed by atoms with Crippen LogP contribution in [0, 0.1) is 5.92 Å². The van der Waals surface area contributed by atoms with Gasteiger partial charge in [0.2, 0.25) is 0 Å². The van der Waals surface area contributed by atoms with Gasteiger partial charge >= 0.3 is 0 Å². The summed E-state index contributed by atoms with van der Waals surface area (Å²) in [7, 11) is 0. The highest BCUT2D eigenvalue weighted by Crippen LogP contribution is 2.24. The summed E-state index contributed by atoms with van der Waals surface area (Å²) in [6, 6.07) is 8.38. The van der Waals surface area contributed by atoms with Crippen molar-refractivity contribution >= 4 is 21.6 Å². The van der Waals surface area contributed by atoms with Crippen LogP contribution >= 0.6 is 11.3 Å². The van der Waals surface area contributed by atoms with E-state index in [-0.39, 0.29) is 0 Å². The molecule has 96 valence electrons. The zero-order valence-corrected chi connectivity index (χ0v) is 11.3. The van der Waals surface area contributed by atoms with Crippen LogP contribution in [0.1, 0.15) is 17.8 Å². The maximum Gasteiger partial charge on any atom is 0.108 e. The van der Waals surface area contributed by atoms with E-state index < -0.39 is 0 Å². The average Bonchev–Trinajstić information content (AvgIpc) is 2.82. The third-order valence-corrected chi connectivity index (χ3v) is 4.76. The minimum atomic E-state index is 0.733. The maximum atomic E-state index is 5.72. The Morgan fingerprint density at radius 1 is 1.28 bits per heavy atom. The van der Waals surface area contributed by atoms with Gasteiger partial charge in [-0.25, -0.2) is 4.98 Å². The molecule has 1 aliphatic rings. The molecule has 0 radical (unpaired) electrons. The topological polar surface area (TPSA) is 42.1 Å². The molecular formula is C14H19N3S. The van der Waals surface area contributed by atoms with Gasteiger partial charge in [0.1, 0.15) is 5.01 Å².